The molecule has 0 radical (unpaired) electrons. The number of rotatable bonds is 4. The third kappa shape index (κ3) is 3.36. The molecule has 2 aromatic rings. The zero-order valence-electron chi connectivity index (χ0n) is 10.9. The van der Waals surface area contributed by atoms with Gasteiger partial charge in [0.2, 0.25) is 0 Å². The second kappa shape index (κ2) is 5.89. The van der Waals surface area contributed by atoms with Crippen LogP contribution in [0.3, 0.4) is 0 Å². The molecule has 2 nitrogen and oxygen atoms in total. The minimum absolute atomic E-state index is 0.111. The molecule has 0 heterocycles. The van der Waals surface area contributed by atoms with Crippen LogP contribution < -0.4 is 4.74 Å². The summed E-state index contributed by atoms with van der Waals surface area (Å²) in [6.45, 7) is 3.95. The third-order valence-corrected chi connectivity index (χ3v) is 2.89. The second-order valence-corrected chi connectivity index (χ2v) is 4.98. The lowest BCUT2D eigenvalue weighted by atomic mass is 10.0. The predicted octanol–water partition coefficient (Wildman–Crippen LogP) is 4.61. The quantitative estimate of drug-likeness (QED) is 0.761. The molecule has 0 spiro atoms. The molecule has 98 valence electrons. The van der Waals surface area contributed by atoms with E-state index in [-0.39, 0.29) is 6.10 Å². The first-order valence-corrected chi connectivity index (χ1v) is 6.50. The van der Waals surface area contributed by atoms with Gasteiger partial charge in [-0.05, 0) is 55.3 Å². The van der Waals surface area contributed by atoms with Crippen LogP contribution in [0.1, 0.15) is 24.2 Å². The van der Waals surface area contributed by atoms with Gasteiger partial charge in [0.1, 0.15) is 5.75 Å². The summed E-state index contributed by atoms with van der Waals surface area (Å²) in [5.74, 6) is 0.782. The zero-order valence-corrected chi connectivity index (χ0v) is 11.6. The van der Waals surface area contributed by atoms with Crippen LogP contribution in [0, 0.1) is 0 Å². The summed E-state index contributed by atoms with van der Waals surface area (Å²) in [7, 11) is 0. The maximum atomic E-state index is 11.1. The smallest absolute Gasteiger partial charge is 0.150 e. The topological polar surface area (TPSA) is 26.3 Å². The molecule has 0 aliphatic rings. The van der Waals surface area contributed by atoms with Crippen molar-refractivity contribution in [3.05, 3.63) is 53.1 Å². The lowest BCUT2D eigenvalue weighted by Crippen LogP contribution is -2.05. The van der Waals surface area contributed by atoms with Gasteiger partial charge in [-0.3, -0.25) is 4.79 Å². The van der Waals surface area contributed by atoms with Crippen molar-refractivity contribution >= 4 is 17.9 Å². The van der Waals surface area contributed by atoms with Gasteiger partial charge in [0.05, 0.1) is 6.10 Å². The largest absolute Gasteiger partial charge is 0.491 e. The van der Waals surface area contributed by atoms with E-state index in [2.05, 4.69) is 0 Å². The Morgan fingerprint density at radius 2 is 1.95 bits per heavy atom. The van der Waals surface area contributed by atoms with Gasteiger partial charge in [-0.1, -0.05) is 23.7 Å². The van der Waals surface area contributed by atoms with Gasteiger partial charge in [0, 0.05) is 10.6 Å². The number of halogens is 1. The molecule has 0 aromatic heterocycles. The Morgan fingerprint density at radius 3 is 2.63 bits per heavy atom. The maximum Gasteiger partial charge on any atom is 0.150 e. The van der Waals surface area contributed by atoms with E-state index < -0.39 is 0 Å². The van der Waals surface area contributed by atoms with Crippen molar-refractivity contribution in [2.75, 3.05) is 0 Å². The molecular weight excluding hydrogens is 260 g/mol. The summed E-state index contributed by atoms with van der Waals surface area (Å²) in [6, 6.07) is 12.9. The van der Waals surface area contributed by atoms with Gasteiger partial charge in [-0.15, -0.1) is 0 Å². The SMILES string of the molecule is CC(C)Oc1cccc(-c2cc(Cl)ccc2C=O)c1. The second-order valence-electron chi connectivity index (χ2n) is 4.54. The molecule has 0 unspecified atom stereocenters. The van der Waals surface area contributed by atoms with E-state index in [0.717, 1.165) is 23.2 Å². The van der Waals surface area contributed by atoms with Crippen molar-refractivity contribution in [1.82, 2.24) is 0 Å². The summed E-state index contributed by atoms with van der Waals surface area (Å²) < 4.78 is 5.66. The van der Waals surface area contributed by atoms with Crippen LogP contribution in [-0.2, 0) is 0 Å². The number of carbonyl (C=O) groups excluding carboxylic acids is 1. The van der Waals surface area contributed by atoms with Crippen molar-refractivity contribution in [3.8, 4) is 16.9 Å². The average molecular weight is 275 g/mol. The Morgan fingerprint density at radius 1 is 1.16 bits per heavy atom. The molecule has 19 heavy (non-hydrogen) atoms. The Labute approximate surface area is 118 Å². The van der Waals surface area contributed by atoms with E-state index in [0.29, 0.717) is 10.6 Å². The fourth-order valence-electron chi connectivity index (χ4n) is 1.89. The molecule has 0 saturated heterocycles. The van der Waals surface area contributed by atoms with Crippen LogP contribution in [0.15, 0.2) is 42.5 Å². The van der Waals surface area contributed by atoms with E-state index in [1.165, 1.54) is 0 Å². The van der Waals surface area contributed by atoms with E-state index in [4.69, 9.17) is 16.3 Å². The molecule has 0 N–H and O–H groups in total. The van der Waals surface area contributed by atoms with E-state index in [1.54, 1.807) is 18.2 Å². The number of benzene rings is 2. The highest BCUT2D eigenvalue weighted by Crippen LogP contribution is 2.29. The van der Waals surface area contributed by atoms with Gasteiger partial charge in [-0.2, -0.15) is 0 Å². The van der Waals surface area contributed by atoms with Crippen LogP contribution in [0.5, 0.6) is 5.75 Å². The molecule has 0 aliphatic heterocycles. The Bertz CT molecular complexity index is 591. The monoisotopic (exact) mass is 274 g/mol. The molecule has 0 aliphatic carbocycles. The Hall–Kier alpha value is -1.80. The highest BCUT2D eigenvalue weighted by atomic mass is 35.5. The lowest BCUT2D eigenvalue weighted by Gasteiger charge is -2.12. The lowest BCUT2D eigenvalue weighted by molar-refractivity contribution is 0.112. The van der Waals surface area contributed by atoms with Crippen molar-refractivity contribution in [2.24, 2.45) is 0 Å². The number of carbonyl (C=O) groups is 1. The molecule has 0 bridgehead atoms. The molecule has 0 atom stereocenters. The summed E-state index contributed by atoms with van der Waals surface area (Å²) in [6.07, 6.45) is 0.946. The van der Waals surface area contributed by atoms with Crippen molar-refractivity contribution in [1.29, 1.82) is 0 Å². The number of aldehydes is 1. The Kier molecular flexibility index (Phi) is 4.23. The highest BCUT2D eigenvalue weighted by Gasteiger charge is 2.07. The van der Waals surface area contributed by atoms with Crippen molar-refractivity contribution in [2.45, 2.75) is 20.0 Å². The van der Waals surface area contributed by atoms with Gasteiger partial charge < -0.3 is 4.74 Å². The normalized spacial score (nSPS) is 10.5. The fraction of sp³-hybridized carbons (Fsp3) is 0.188. The Balaban J connectivity index is 2.46. The maximum absolute atomic E-state index is 11.1. The summed E-state index contributed by atoms with van der Waals surface area (Å²) in [5, 5.41) is 0.607. The average Bonchev–Trinajstić information content (AvgIpc) is 2.38. The number of hydrogen-bond acceptors (Lipinski definition) is 2. The molecule has 2 rings (SSSR count). The number of hydrogen-bond donors (Lipinski definition) is 0. The van der Waals surface area contributed by atoms with Gasteiger partial charge in [0.25, 0.3) is 0 Å². The van der Waals surface area contributed by atoms with Crippen molar-refractivity contribution in [3.63, 3.8) is 0 Å². The first kappa shape index (κ1) is 13.6. The fourth-order valence-corrected chi connectivity index (χ4v) is 2.06. The molecular formula is C16H15ClO2. The summed E-state index contributed by atoms with van der Waals surface area (Å²) >= 11 is 6.00. The zero-order chi connectivity index (χ0) is 13.8. The van der Waals surface area contributed by atoms with E-state index in [1.807, 2.05) is 38.1 Å². The van der Waals surface area contributed by atoms with Crippen LogP contribution in [0.4, 0.5) is 0 Å². The van der Waals surface area contributed by atoms with Crippen LogP contribution in [0.25, 0.3) is 11.1 Å². The first-order chi connectivity index (χ1) is 9.10. The van der Waals surface area contributed by atoms with Crippen LogP contribution >= 0.6 is 11.6 Å². The van der Waals surface area contributed by atoms with Crippen molar-refractivity contribution < 1.29 is 9.53 Å². The molecule has 0 amide bonds. The van der Waals surface area contributed by atoms with Gasteiger partial charge in [-0.25, -0.2) is 0 Å². The van der Waals surface area contributed by atoms with E-state index >= 15 is 0 Å². The van der Waals surface area contributed by atoms with E-state index in [9.17, 15) is 4.79 Å². The molecule has 0 fully saturated rings. The first-order valence-electron chi connectivity index (χ1n) is 6.12. The minimum atomic E-state index is 0.111. The summed E-state index contributed by atoms with van der Waals surface area (Å²) in [4.78, 5) is 11.1. The summed E-state index contributed by atoms with van der Waals surface area (Å²) in [5.41, 5.74) is 2.35. The number of ether oxygens (including phenoxy) is 1. The molecule has 3 heteroatoms. The van der Waals surface area contributed by atoms with Gasteiger partial charge in [0.15, 0.2) is 6.29 Å². The molecule has 2 aromatic carbocycles. The highest BCUT2D eigenvalue weighted by molar-refractivity contribution is 6.31. The minimum Gasteiger partial charge on any atom is -0.491 e. The van der Waals surface area contributed by atoms with Gasteiger partial charge >= 0.3 is 0 Å². The third-order valence-electron chi connectivity index (χ3n) is 2.66. The van der Waals surface area contributed by atoms with Crippen LogP contribution in [0.2, 0.25) is 5.02 Å². The standard InChI is InChI=1S/C16H15ClO2/c1-11(2)19-15-5-3-4-12(8-15)16-9-14(17)7-6-13(16)10-18/h3-11H,1-2H3. The molecule has 0 saturated carbocycles. The van der Waals surface area contributed by atoms with Crippen LogP contribution in [-0.4, -0.2) is 12.4 Å². The predicted molar refractivity (Wildman–Crippen MR) is 78.0 cm³/mol.